The average Bonchev–Trinajstić information content (AvgIpc) is 3.25. The SMILES string of the molecule is Clc1ccc2oc3ccc(-c4ccc5sc6ccccc6c5c4)cc3c2c1. The van der Waals surface area contributed by atoms with Crippen LogP contribution in [0.25, 0.3) is 53.2 Å². The van der Waals surface area contributed by atoms with Gasteiger partial charge in [-0.1, -0.05) is 41.9 Å². The molecule has 0 unspecified atom stereocenters. The second kappa shape index (κ2) is 5.59. The first kappa shape index (κ1) is 15.3. The highest BCUT2D eigenvalue weighted by Crippen LogP contribution is 2.38. The van der Waals surface area contributed by atoms with Gasteiger partial charge in [0.05, 0.1) is 0 Å². The van der Waals surface area contributed by atoms with Gasteiger partial charge in [-0.2, -0.15) is 0 Å². The summed E-state index contributed by atoms with van der Waals surface area (Å²) in [7, 11) is 0. The molecule has 0 spiro atoms. The van der Waals surface area contributed by atoms with Crippen LogP contribution in [0, 0.1) is 0 Å². The molecule has 2 aromatic heterocycles. The summed E-state index contributed by atoms with van der Waals surface area (Å²) in [6.07, 6.45) is 0. The van der Waals surface area contributed by atoms with Gasteiger partial charge in [0.1, 0.15) is 11.2 Å². The Balaban J connectivity index is 1.61. The predicted octanol–water partition coefficient (Wildman–Crippen LogP) is 8.27. The molecule has 0 N–H and O–H groups in total. The number of furan rings is 1. The van der Waals surface area contributed by atoms with E-state index in [0.717, 1.165) is 27.0 Å². The van der Waals surface area contributed by atoms with E-state index in [0.29, 0.717) is 0 Å². The van der Waals surface area contributed by atoms with Gasteiger partial charge in [0.15, 0.2) is 0 Å². The van der Waals surface area contributed by atoms with Crippen molar-refractivity contribution in [3.05, 3.63) is 83.9 Å². The number of hydrogen-bond acceptors (Lipinski definition) is 2. The zero-order valence-electron chi connectivity index (χ0n) is 14.2. The maximum atomic E-state index is 6.20. The molecule has 0 amide bonds. The predicted molar refractivity (Wildman–Crippen MR) is 117 cm³/mol. The molecule has 0 aliphatic rings. The van der Waals surface area contributed by atoms with Crippen LogP contribution in [0.4, 0.5) is 0 Å². The number of hydrogen-bond donors (Lipinski definition) is 0. The molecule has 0 aliphatic carbocycles. The zero-order valence-corrected chi connectivity index (χ0v) is 15.8. The van der Waals surface area contributed by atoms with Gasteiger partial charge < -0.3 is 4.42 Å². The Kier molecular flexibility index (Phi) is 3.16. The first-order valence-corrected chi connectivity index (χ1v) is 9.99. The fourth-order valence-corrected chi connectivity index (χ4v) is 5.09. The molecule has 1 nitrogen and oxygen atoms in total. The third kappa shape index (κ3) is 2.31. The minimum atomic E-state index is 0.724. The van der Waals surface area contributed by atoms with Gasteiger partial charge in [-0.3, -0.25) is 0 Å². The molecule has 0 atom stereocenters. The highest BCUT2D eigenvalue weighted by Gasteiger charge is 2.11. The molecule has 4 aromatic carbocycles. The Bertz CT molecular complexity index is 1490. The molecule has 2 heterocycles. The van der Waals surface area contributed by atoms with E-state index in [9.17, 15) is 0 Å². The Labute approximate surface area is 164 Å². The summed E-state index contributed by atoms with van der Waals surface area (Å²) >= 11 is 8.04. The second-order valence-corrected chi connectivity index (χ2v) is 8.28. The van der Waals surface area contributed by atoms with E-state index in [-0.39, 0.29) is 0 Å². The lowest BCUT2D eigenvalue weighted by atomic mass is 10.0. The maximum absolute atomic E-state index is 6.20. The van der Waals surface area contributed by atoms with Crippen molar-refractivity contribution < 1.29 is 4.42 Å². The van der Waals surface area contributed by atoms with E-state index < -0.39 is 0 Å². The summed E-state index contributed by atoms with van der Waals surface area (Å²) < 4.78 is 8.61. The van der Waals surface area contributed by atoms with Crippen molar-refractivity contribution in [3.63, 3.8) is 0 Å². The lowest BCUT2D eigenvalue weighted by Crippen LogP contribution is -1.78. The molecule has 0 radical (unpaired) electrons. The number of rotatable bonds is 1. The van der Waals surface area contributed by atoms with E-state index >= 15 is 0 Å². The summed E-state index contributed by atoms with van der Waals surface area (Å²) in [6, 6.07) is 27.5. The van der Waals surface area contributed by atoms with Gasteiger partial charge in [0.25, 0.3) is 0 Å². The second-order valence-electron chi connectivity index (χ2n) is 6.76. The van der Waals surface area contributed by atoms with Crippen molar-refractivity contribution >= 4 is 65.0 Å². The highest BCUT2D eigenvalue weighted by atomic mass is 35.5. The fourth-order valence-electron chi connectivity index (χ4n) is 3.83. The van der Waals surface area contributed by atoms with E-state index in [1.54, 1.807) is 0 Å². The van der Waals surface area contributed by atoms with Crippen molar-refractivity contribution in [1.29, 1.82) is 0 Å². The molecular weight excluding hydrogens is 372 g/mol. The minimum absolute atomic E-state index is 0.724. The van der Waals surface area contributed by atoms with Gasteiger partial charge in [0.2, 0.25) is 0 Å². The van der Waals surface area contributed by atoms with Crippen LogP contribution in [0.5, 0.6) is 0 Å². The van der Waals surface area contributed by atoms with Crippen molar-refractivity contribution in [2.75, 3.05) is 0 Å². The molecular formula is C24H13ClOS. The molecule has 3 heteroatoms. The van der Waals surface area contributed by atoms with Crippen molar-refractivity contribution in [1.82, 2.24) is 0 Å². The molecule has 0 fully saturated rings. The fraction of sp³-hybridized carbons (Fsp3) is 0. The van der Waals surface area contributed by atoms with Gasteiger partial charge in [0, 0.05) is 36.0 Å². The van der Waals surface area contributed by atoms with Crippen molar-refractivity contribution in [3.8, 4) is 11.1 Å². The lowest BCUT2D eigenvalue weighted by Gasteiger charge is -2.03. The minimum Gasteiger partial charge on any atom is -0.456 e. The first-order chi connectivity index (χ1) is 13.3. The summed E-state index contributed by atoms with van der Waals surface area (Å²) in [5.74, 6) is 0. The van der Waals surface area contributed by atoms with Crippen LogP contribution in [-0.2, 0) is 0 Å². The van der Waals surface area contributed by atoms with Crippen LogP contribution in [0.1, 0.15) is 0 Å². The van der Waals surface area contributed by atoms with Crippen LogP contribution in [0.2, 0.25) is 5.02 Å². The van der Waals surface area contributed by atoms with E-state index in [4.69, 9.17) is 16.0 Å². The largest absolute Gasteiger partial charge is 0.456 e. The van der Waals surface area contributed by atoms with Gasteiger partial charge in [-0.25, -0.2) is 0 Å². The third-order valence-electron chi connectivity index (χ3n) is 5.14. The van der Waals surface area contributed by atoms with Crippen LogP contribution in [0.15, 0.2) is 83.3 Å². The lowest BCUT2D eigenvalue weighted by molar-refractivity contribution is 0.669. The van der Waals surface area contributed by atoms with E-state index in [1.165, 1.54) is 31.3 Å². The van der Waals surface area contributed by atoms with Crippen LogP contribution in [-0.4, -0.2) is 0 Å². The topological polar surface area (TPSA) is 13.1 Å². The molecule has 0 saturated carbocycles. The summed E-state index contributed by atoms with van der Waals surface area (Å²) in [4.78, 5) is 0. The third-order valence-corrected chi connectivity index (χ3v) is 6.53. The first-order valence-electron chi connectivity index (χ1n) is 8.80. The number of thiophene rings is 1. The van der Waals surface area contributed by atoms with Gasteiger partial charge in [-0.05, 0) is 59.7 Å². The average molecular weight is 385 g/mol. The quantitative estimate of drug-likeness (QED) is 0.278. The Morgan fingerprint density at radius 3 is 2.15 bits per heavy atom. The standard InChI is InChI=1S/C24H13ClOS/c25-16-7-9-22-19(13-16)18-11-14(5-8-21(18)26-22)15-6-10-24-20(12-15)17-3-1-2-4-23(17)27-24/h1-13H. The van der Waals surface area contributed by atoms with Gasteiger partial charge >= 0.3 is 0 Å². The van der Waals surface area contributed by atoms with Crippen molar-refractivity contribution in [2.24, 2.45) is 0 Å². The molecule has 128 valence electrons. The smallest absolute Gasteiger partial charge is 0.135 e. The number of fused-ring (bicyclic) bond motifs is 6. The number of halogens is 1. The molecule has 6 aromatic rings. The Morgan fingerprint density at radius 1 is 0.593 bits per heavy atom. The Hall–Kier alpha value is -2.81. The molecule has 6 rings (SSSR count). The Morgan fingerprint density at radius 2 is 1.26 bits per heavy atom. The normalized spacial score (nSPS) is 11.9. The van der Waals surface area contributed by atoms with Crippen molar-refractivity contribution in [2.45, 2.75) is 0 Å². The maximum Gasteiger partial charge on any atom is 0.135 e. The van der Waals surface area contributed by atoms with Gasteiger partial charge in [-0.15, -0.1) is 11.3 Å². The van der Waals surface area contributed by atoms with Crippen LogP contribution >= 0.6 is 22.9 Å². The summed E-state index contributed by atoms with van der Waals surface area (Å²) in [6.45, 7) is 0. The summed E-state index contributed by atoms with van der Waals surface area (Å²) in [5, 5.41) is 5.51. The summed E-state index contributed by atoms with van der Waals surface area (Å²) in [5.41, 5.74) is 4.15. The van der Waals surface area contributed by atoms with E-state index in [2.05, 4.69) is 60.7 Å². The molecule has 0 saturated heterocycles. The molecule has 27 heavy (non-hydrogen) atoms. The molecule has 0 aliphatic heterocycles. The zero-order chi connectivity index (χ0) is 18.0. The van der Waals surface area contributed by atoms with Crippen LogP contribution in [0.3, 0.4) is 0 Å². The molecule has 0 bridgehead atoms. The monoisotopic (exact) mass is 384 g/mol. The highest BCUT2D eigenvalue weighted by molar-refractivity contribution is 7.25. The van der Waals surface area contributed by atoms with Crippen LogP contribution < -0.4 is 0 Å². The number of benzene rings is 4. The van der Waals surface area contributed by atoms with E-state index in [1.807, 2.05) is 29.5 Å².